The standard InChI is InChI=1S/C24H21Cl2N3O3/c1-2-21(24(30)29-15-27-14-28-29)22-12-11-20(31-18-7-3-16(25)4-8-18)13-23(22)32-19-9-5-17(26)6-10-19/h3-15,21,24,30H,2H2,1H3. The third-order valence-corrected chi connectivity index (χ3v) is 5.49. The molecule has 0 bridgehead atoms. The second-order valence-corrected chi connectivity index (χ2v) is 7.99. The molecule has 2 unspecified atom stereocenters. The first kappa shape index (κ1) is 22.1. The molecule has 8 heteroatoms. The molecule has 3 aromatic carbocycles. The van der Waals surface area contributed by atoms with Crippen molar-refractivity contribution in [1.82, 2.24) is 14.8 Å². The molecular weight excluding hydrogens is 449 g/mol. The van der Waals surface area contributed by atoms with Crippen molar-refractivity contribution in [1.29, 1.82) is 0 Å². The molecule has 4 aromatic rings. The summed E-state index contributed by atoms with van der Waals surface area (Å²) in [5, 5.41) is 16.3. The van der Waals surface area contributed by atoms with Gasteiger partial charge in [-0.1, -0.05) is 36.2 Å². The van der Waals surface area contributed by atoms with E-state index in [0.717, 1.165) is 5.56 Å². The number of aromatic nitrogens is 3. The molecule has 2 atom stereocenters. The van der Waals surface area contributed by atoms with Crippen molar-refractivity contribution in [2.75, 3.05) is 0 Å². The van der Waals surface area contributed by atoms with Crippen LogP contribution in [0.5, 0.6) is 23.0 Å². The number of aliphatic hydroxyl groups is 1. The van der Waals surface area contributed by atoms with E-state index in [4.69, 9.17) is 32.7 Å². The molecule has 0 amide bonds. The zero-order chi connectivity index (χ0) is 22.5. The van der Waals surface area contributed by atoms with Crippen LogP contribution in [0.3, 0.4) is 0 Å². The van der Waals surface area contributed by atoms with Crippen LogP contribution in [0.2, 0.25) is 10.0 Å². The van der Waals surface area contributed by atoms with Gasteiger partial charge in [0.1, 0.15) is 35.7 Å². The Morgan fingerprint density at radius 3 is 2.03 bits per heavy atom. The minimum atomic E-state index is -0.905. The van der Waals surface area contributed by atoms with E-state index in [-0.39, 0.29) is 5.92 Å². The first-order valence-electron chi connectivity index (χ1n) is 10.1. The van der Waals surface area contributed by atoms with Gasteiger partial charge < -0.3 is 14.6 Å². The summed E-state index contributed by atoms with van der Waals surface area (Å²) < 4.78 is 13.6. The molecule has 0 fully saturated rings. The second-order valence-electron chi connectivity index (χ2n) is 7.12. The maximum atomic E-state index is 10.9. The first-order valence-corrected chi connectivity index (χ1v) is 10.8. The number of aliphatic hydroxyl groups excluding tert-OH is 1. The molecule has 0 aliphatic rings. The van der Waals surface area contributed by atoms with Crippen molar-refractivity contribution in [2.45, 2.75) is 25.5 Å². The van der Waals surface area contributed by atoms with E-state index < -0.39 is 6.23 Å². The highest BCUT2D eigenvalue weighted by atomic mass is 35.5. The highest BCUT2D eigenvalue weighted by molar-refractivity contribution is 6.30. The van der Waals surface area contributed by atoms with Gasteiger partial charge in [0, 0.05) is 27.6 Å². The summed E-state index contributed by atoms with van der Waals surface area (Å²) in [7, 11) is 0. The number of nitrogens with zero attached hydrogens (tertiary/aromatic N) is 3. The maximum Gasteiger partial charge on any atom is 0.155 e. The van der Waals surface area contributed by atoms with Crippen LogP contribution in [-0.2, 0) is 0 Å². The molecule has 0 aliphatic heterocycles. The second kappa shape index (κ2) is 10.0. The van der Waals surface area contributed by atoms with Crippen LogP contribution in [0, 0.1) is 0 Å². The molecule has 164 valence electrons. The van der Waals surface area contributed by atoms with E-state index in [9.17, 15) is 5.11 Å². The number of rotatable bonds is 8. The fourth-order valence-corrected chi connectivity index (χ4v) is 3.62. The van der Waals surface area contributed by atoms with Crippen molar-refractivity contribution in [3.8, 4) is 23.0 Å². The summed E-state index contributed by atoms with van der Waals surface area (Å²) in [5.74, 6) is 2.12. The summed E-state index contributed by atoms with van der Waals surface area (Å²) in [4.78, 5) is 3.94. The molecular formula is C24H21Cl2N3O3. The molecule has 6 nitrogen and oxygen atoms in total. The lowest BCUT2D eigenvalue weighted by Gasteiger charge is -2.24. The minimum absolute atomic E-state index is 0.288. The summed E-state index contributed by atoms with van der Waals surface area (Å²) in [6.07, 6.45) is 2.63. The molecule has 0 aliphatic carbocycles. The Morgan fingerprint density at radius 1 is 0.875 bits per heavy atom. The van der Waals surface area contributed by atoms with E-state index in [1.165, 1.54) is 17.3 Å². The first-order chi connectivity index (χ1) is 15.5. The van der Waals surface area contributed by atoms with Gasteiger partial charge >= 0.3 is 0 Å². The van der Waals surface area contributed by atoms with Crippen LogP contribution in [0.25, 0.3) is 0 Å². The van der Waals surface area contributed by atoms with Crippen LogP contribution >= 0.6 is 23.2 Å². The van der Waals surface area contributed by atoms with E-state index in [0.29, 0.717) is 39.5 Å². The number of hydrogen-bond acceptors (Lipinski definition) is 5. The van der Waals surface area contributed by atoms with Gasteiger partial charge in [0.25, 0.3) is 0 Å². The minimum Gasteiger partial charge on any atom is -0.457 e. The fraction of sp³-hybridized carbons (Fsp3) is 0.167. The Kier molecular flexibility index (Phi) is 6.95. The Balaban J connectivity index is 1.70. The Bertz CT molecular complexity index is 1150. The van der Waals surface area contributed by atoms with Crippen LogP contribution in [0.4, 0.5) is 0 Å². The molecule has 32 heavy (non-hydrogen) atoms. The van der Waals surface area contributed by atoms with Crippen molar-refractivity contribution >= 4 is 23.2 Å². The van der Waals surface area contributed by atoms with Crippen LogP contribution in [0.15, 0.2) is 79.4 Å². The lowest BCUT2D eigenvalue weighted by Crippen LogP contribution is -2.18. The van der Waals surface area contributed by atoms with Gasteiger partial charge in [0.15, 0.2) is 6.23 Å². The number of ether oxygens (including phenoxy) is 2. The Morgan fingerprint density at radius 2 is 1.47 bits per heavy atom. The molecule has 0 saturated heterocycles. The van der Waals surface area contributed by atoms with Gasteiger partial charge in [-0.25, -0.2) is 9.67 Å². The molecule has 0 radical (unpaired) electrons. The highest BCUT2D eigenvalue weighted by Gasteiger charge is 2.25. The van der Waals surface area contributed by atoms with E-state index >= 15 is 0 Å². The SMILES string of the molecule is CCC(c1ccc(Oc2ccc(Cl)cc2)cc1Oc1ccc(Cl)cc1)C(O)n1cncn1. The summed E-state index contributed by atoms with van der Waals surface area (Å²) >= 11 is 12.0. The lowest BCUT2D eigenvalue weighted by molar-refractivity contribution is 0.0586. The highest BCUT2D eigenvalue weighted by Crippen LogP contribution is 2.40. The topological polar surface area (TPSA) is 69.4 Å². The van der Waals surface area contributed by atoms with Crippen LogP contribution in [0.1, 0.15) is 31.1 Å². The summed E-state index contributed by atoms with van der Waals surface area (Å²) in [6, 6.07) is 19.7. The van der Waals surface area contributed by atoms with Gasteiger partial charge in [-0.05, 0) is 61.0 Å². The lowest BCUT2D eigenvalue weighted by atomic mass is 9.93. The molecule has 0 spiro atoms. The zero-order valence-electron chi connectivity index (χ0n) is 17.2. The third-order valence-electron chi connectivity index (χ3n) is 4.98. The monoisotopic (exact) mass is 469 g/mol. The predicted octanol–water partition coefficient (Wildman–Crippen LogP) is 6.85. The largest absolute Gasteiger partial charge is 0.457 e. The fourth-order valence-electron chi connectivity index (χ4n) is 3.37. The number of benzene rings is 3. The van der Waals surface area contributed by atoms with Gasteiger partial charge in [-0.3, -0.25) is 0 Å². The maximum absolute atomic E-state index is 10.9. The molecule has 4 rings (SSSR count). The van der Waals surface area contributed by atoms with Crippen LogP contribution in [-0.4, -0.2) is 19.9 Å². The average Bonchev–Trinajstić information content (AvgIpc) is 3.34. The van der Waals surface area contributed by atoms with Gasteiger partial charge in [0.05, 0.1) is 0 Å². The quantitative estimate of drug-likeness (QED) is 0.305. The van der Waals surface area contributed by atoms with Gasteiger partial charge in [-0.2, -0.15) is 5.10 Å². The molecule has 1 aromatic heterocycles. The van der Waals surface area contributed by atoms with Gasteiger partial charge in [0.2, 0.25) is 0 Å². The van der Waals surface area contributed by atoms with Crippen LogP contribution < -0.4 is 9.47 Å². The molecule has 0 saturated carbocycles. The van der Waals surface area contributed by atoms with Crippen molar-refractivity contribution in [2.24, 2.45) is 0 Å². The number of hydrogen-bond donors (Lipinski definition) is 1. The third kappa shape index (κ3) is 5.22. The smallest absolute Gasteiger partial charge is 0.155 e. The summed E-state index contributed by atoms with van der Waals surface area (Å²) in [6.45, 7) is 2.00. The van der Waals surface area contributed by atoms with Gasteiger partial charge in [-0.15, -0.1) is 0 Å². The predicted molar refractivity (Wildman–Crippen MR) is 124 cm³/mol. The van der Waals surface area contributed by atoms with Crippen molar-refractivity contribution in [3.05, 3.63) is 95.0 Å². The molecule has 1 N–H and O–H groups in total. The van der Waals surface area contributed by atoms with E-state index in [1.54, 1.807) is 54.6 Å². The van der Waals surface area contributed by atoms with Crippen molar-refractivity contribution in [3.63, 3.8) is 0 Å². The Labute approximate surface area is 196 Å². The van der Waals surface area contributed by atoms with E-state index in [1.807, 2.05) is 19.1 Å². The van der Waals surface area contributed by atoms with E-state index in [2.05, 4.69) is 10.1 Å². The van der Waals surface area contributed by atoms with Crippen molar-refractivity contribution < 1.29 is 14.6 Å². The number of halogens is 2. The summed E-state index contributed by atoms with van der Waals surface area (Å²) in [5.41, 5.74) is 0.814. The normalized spacial score (nSPS) is 12.9. The molecule has 1 heterocycles. The average molecular weight is 470 g/mol. The zero-order valence-corrected chi connectivity index (χ0v) is 18.7. The Hall–Kier alpha value is -3.06.